The number of unbranched alkanes of at least 4 members (excludes halogenated alkanes) is 1. The SMILES string of the molecule is Cc1nc(CCCCOc2ccccc2)sc1CCC(=O)O. The van der Waals surface area contributed by atoms with Crippen LogP contribution in [-0.2, 0) is 17.6 Å². The highest BCUT2D eigenvalue weighted by Crippen LogP contribution is 2.21. The van der Waals surface area contributed by atoms with Gasteiger partial charge in [-0.25, -0.2) is 4.98 Å². The molecule has 1 heterocycles. The Morgan fingerprint density at radius 3 is 2.73 bits per heavy atom. The van der Waals surface area contributed by atoms with Gasteiger partial charge >= 0.3 is 5.97 Å². The molecule has 0 radical (unpaired) electrons. The van der Waals surface area contributed by atoms with Crippen LogP contribution in [0.3, 0.4) is 0 Å². The lowest BCUT2D eigenvalue weighted by Crippen LogP contribution is -1.98. The van der Waals surface area contributed by atoms with Gasteiger partial charge in [-0.15, -0.1) is 11.3 Å². The smallest absolute Gasteiger partial charge is 0.303 e. The number of carboxylic acid groups (broad SMARTS) is 1. The van der Waals surface area contributed by atoms with E-state index in [-0.39, 0.29) is 6.42 Å². The molecule has 5 heteroatoms. The van der Waals surface area contributed by atoms with Crippen molar-refractivity contribution in [2.24, 2.45) is 0 Å². The maximum absolute atomic E-state index is 10.6. The Morgan fingerprint density at radius 1 is 1.23 bits per heavy atom. The summed E-state index contributed by atoms with van der Waals surface area (Å²) in [5.74, 6) is 0.149. The highest BCUT2D eigenvalue weighted by Gasteiger charge is 2.09. The molecule has 2 rings (SSSR count). The summed E-state index contributed by atoms with van der Waals surface area (Å²) in [6.07, 6.45) is 3.69. The van der Waals surface area contributed by atoms with Crippen LogP contribution in [0.4, 0.5) is 0 Å². The third-order valence-electron chi connectivity index (χ3n) is 3.30. The average Bonchev–Trinajstić information content (AvgIpc) is 2.86. The third-order valence-corrected chi connectivity index (χ3v) is 4.58. The van der Waals surface area contributed by atoms with Crippen LogP contribution in [0.25, 0.3) is 0 Å². The van der Waals surface area contributed by atoms with Crippen LogP contribution in [0.15, 0.2) is 30.3 Å². The number of thiazole rings is 1. The number of carbonyl (C=O) groups is 1. The van der Waals surface area contributed by atoms with E-state index in [9.17, 15) is 4.79 Å². The summed E-state index contributed by atoms with van der Waals surface area (Å²) in [6.45, 7) is 2.66. The zero-order chi connectivity index (χ0) is 15.8. The van der Waals surface area contributed by atoms with E-state index in [2.05, 4.69) is 4.98 Å². The van der Waals surface area contributed by atoms with Gasteiger partial charge < -0.3 is 9.84 Å². The minimum absolute atomic E-state index is 0.174. The van der Waals surface area contributed by atoms with Gasteiger partial charge in [0.25, 0.3) is 0 Å². The van der Waals surface area contributed by atoms with Gasteiger partial charge in [-0.2, -0.15) is 0 Å². The van der Waals surface area contributed by atoms with E-state index in [1.807, 2.05) is 37.3 Å². The maximum atomic E-state index is 10.6. The summed E-state index contributed by atoms with van der Waals surface area (Å²) in [6, 6.07) is 9.82. The Hall–Kier alpha value is -1.88. The van der Waals surface area contributed by atoms with Gasteiger partial charge in [-0.05, 0) is 44.7 Å². The van der Waals surface area contributed by atoms with E-state index in [0.29, 0.717) is 13.0 Å². The fourth-order valence-electron chi connectivity index (χ4n) is 2.13. The first-order chi connectivity index (χ1) is 10.6. The predicted octanol–water partition coefficient (Wildman–Crippen LogP) is 3.87. The lowest BCUT2D eigenvalue weighted by atomic mass is 10.2. The number of aliphatic carboxylic acids is 1. The van der Waals surface area contributed by atoms with Crippen molar-refractivity contribution >= 4 is 17.3 Å². The number of para-hydroxylation sites is 1. The largest absolute Gasteiger partial charge is 0.494 e. The van der Waals surface area contributed by atoms with Crippen molar-refractivity contribution in [1.82, 2.24) is 4.98 Å². The van der Waals surface area contributed by atoms with Gasteiger partial charge in [0.2, 0.25) is 0 Å². The Morgan fingerprint density at radius 2 is 2.00 bits per heavy atom. The molecule has 118 valence electrons. The van der Waals surface area contributed by atoms with Crippen LogP contribution < -0.4 is 4.74 Å². The Balaban J connectivity index is 1.68. The lowest BCUT2D eigenvalue weighted by molar-refractivity contribution is -0.136. The van der Waals surface area contributed by atoms with Gasteiger partial charge in [0.05, 0.1) is 23.7 Å². The van der Waals surface area contributed by atoms with E-state index >= 15 is 0 Å². The standard InChI is InChI=1S/C17H21NO3S/c1-13-15(10-11-17(19)20)22-16(18-13)9-5-6-12-21-14-7-3-2-4-8-14/h2-4,7-8H,5-6,9-12H2,1H3,(H,19,20). The molecule has 0 aliphatic carbocycles. The predicted molar refractivity (Wildman–Crippen MR) is 87.7 cm³/mol. The van der Waals surface area contributed by atoms with Gasteiger partial charge in [0.1, 0.15) is 5.75 Å². The van der Waals surface area contributed by atoms with Crippen LogP contribution in [0.5, 0.6) is 5.75 Å². The monoisotopic (exact) mass is 319 g/mol. The van der Waals surface area contributed by atoms with Gasteiger partial charge in [-0.3, -0.25) is 4.79 Å². The van der Waals surface area contributed by atoms with Crippen molar-refractivity contribution in [3.05, 3.63) is 45.9 Å². The third kappa shape index (κ3) is 5.48. The summed E-state index contributed by atoms with van der Waals surface area (Å²) in [4.78, 5) is 16.2. The van der Waals surface area contributed by atoms with Crippen molar-refractivity contribution in [1.29, 1.82) is 0 Å². The van der Waals surface area contributed by atoms with Gasteiger partial charge in [-0.1, -0.05) is 18.2 Å². The number of benzene rings is 1. The molecule has 0 unspecified atom stereocenters. The van der Waals surface area contributed by atoms with Crippen molar-refractivity contribution in [3.63, 3.8) is 0 Å². The van der Waals surface area contributed by atoms with Crippen LogP contribution >= 0.6 is 11.3 Å². The van der Waals surface area contributed by atoms with E-state index < -0.39 is 5.97 Å². The van der Waals surface area contributed by atoms with Gasteiger partial charge in [0, 0.05) is 4.88 Å². The van der Waals surface area contributed by atoms with Crippen LogP contribution in [-0.4, -0.2) is 22.7 Å². The first kappa shape index (κ1) is 16.5. The van der Waals surface area contributed by atoms with Crippen LogP contribution in [0, 0.1) is 6.92 Å². The highest BCUT2D eigenvalue weighted by atomic mass is 32.1. The molecule has 0 fully saturated rings. The molecule has 1 N–H and O–H groups in total. The number of hydrogen-bond donors (Lipinski definition) is 1. The van der Waals surface area contributed by atoms with Crippen LogP contribution in [0.2, 0.25) is 0 Å². The molecule has 22 heavy (non-hydrogen) atoms. The molecule has 1 aromatic carbocycles. The normalized spacial score (nSPS) is 10.6. The number of ether oxygens (including phenoxy) is 1. The summed E-state index contributed by atoms with van der Waals surface area (Å²) >= 11 is 1.64. The molecule has 0 aliphatic rings. The van der Waals surface area contributed by atoms with E-state index in [1.54, 1.807) is 11.3 Å². The zero-order valence-electron chi connectivity index (χ0n) is 12.7. The van der Waals surface area contributed by atoms with Crippen molar-refractivity contribution < 1.29 is 14.6 Å². The fraction of sp³-hybridized carbons (Fsp3) is 0.412. The molecule has 0 bridgehead atoms. The van der Waals surface area contributed by atoms with Crippen LogP contribution in [0.1, 0.15) is 34.8 Å². The first-order valence-corrected chi connectivity index (χ1v) is 8.31. The Labute approximate surface area is 134 Å². The topological polar surface area (TPSA) is 59.4 Å². The molecule has 0 saturated carbocycles. The number of rotatable bonds is 9. The molecule has 0 saturated heterocycles. The fourth-order valence-corrected chi connectivity index (χ4v) is 3.24. The highest BCUT2D eigenvalue weighted by molar-refractivity contribution is 7.11. The number of aryl methyl sites for hydroxylation is 3. The summed E-state index contributed by atoms with van der Waals surface area (Å²) in [5, 5.41) is 9.83. The molecule has 0 amide bonds. The lowest BCUT2D eigenvalue weighted by Gasteiger charge is -2.04. The van der Waals surface area contributed by atoms with E-state index in [1.165, 1.54) is 0 Å². The molecular weight excluding hydrogens is 298 g/mol. The molecule has 0 aliphatic heterocycles. The number of nitrogens with zero attached hydrogens (tertiary/aromatic N) is 1. The average molecular weight is 319 g/mol. The Kier molecular flexibility index (Phi) is 6.40. The summed E-state index contributed by atoms with van der Waals surface area (Å²) in [5.41, 5.74) is 0.974. The van der Waals surface area contributed by atoms with Crippen molar-refractivity contribution in [2.45, 2.75) is 39.0 Å². The minimum Gasteiger partial charge on any atom is -0.494 e. The maximum Gasteiger partial charge on any atom is 0.303 e. The first-order valence-electron chi connectivity index (χ1n) is 7.50. The molecule has 0 atom stereocenters. The zero-order valence-corrected chi connectivity index (χ0v) is 13.6. The van der Waals surface area contributed by atoms with Crippen molar-refractivity contribution in [2.75, 3.05) is 6.61 Å². The summed E-state index contributed by atoms with van der Waals surface area (Å²) in [7, 11) is 0. The molecule has 2 aromatic rings. The minimum atomic E-state index is -0.757. The van der Waals surface area contributed by atoms with Gasteiger partial charge in [0.15, 0.2) is 0 Å². The second kappa shape index (κ2) is 8.54. The molecule has 1 aromatic heterocycles. The molecular formula is C17H21NO3S. The number of aromatic nitrogens is 1. The second-order valence-electron chi connectivity index (χ2n) is 5.13. The molecule has 0 spiro atoms. The van der Waals surface area contributed by atoms with E-state index in [0.717, 1.165) is 40.6 Å². The second-order valence-corrected chi connectivity index (χ2v) is 6.30. The summed E-state index contributed by atoms with van der Waals surface area (Å²) < 4.78 is 5.66. The van der Waals surface area contributed by atoms with Crippen molar-refractivity contribution in [3.8, 4) is 5.75 Å². The Bertz CT molecular complexity index is 595. The quantitative estimate of drug-likeness (QED) is 0.713. The number of carboxylic acids is 1. The molecule has 4 nitrogen and oxygen atoms in total. The number of hydrogen-bond acceptors (Lipinski definition) is 4. The van der Waals surface area contributed by atoms with E-state index in [4.69, 9.17) is 9.84 Å².